The molecule has 19 heavy (non-hydrogen) atoms. The first kappa shape index (κ1) is 14.2. The second-order valence-electron chi connectivity index (χ2n) is 3.92. The molecule has 0 saturated heterocycles. The van der Waals surface area contributed by atoms with Gasteiger partial charge in [-0.25, -0.2) is 4.39 Å². The number of anilines is 1. The van der Waals surface area contributed by atoms with Crippen LogP contribution in [0.3, 0.4) is 0 Å². The van der Waals surface area contributed by atoms with Crippen LogP contribution < -0.4 is 5.32 Å². The maximum atomic E-state index is 13.0. The number of rotatable bonds is 3. The first-order chi connectivity index (χ1) is 8.95. The van der Waals surface area contributed by atoms with Gasteiger partial charge in [0.1, 0.15) is 5.82 Å². The Morgan fingerprint density at radius 3 is 2.89 bits per heavy atom. The largest absolute Gasteiger partial charge is 0.341 e. The number of thiazole rings is 1. The predicted octanol–water partition coefficient (Wildman–Crippen LogP) is 4.09. The molecule has 2 aromatic rings. The fourth-order valence-corrected chi connectivity index (χ4v) is 3.00. The van der Waals surface area contributed by atoms with Crippen molar-refractivity contribution in [2.75, 3.05) is 5.32 Å². The average molecular weight is 317 g/mol. The van der Waals surface area contributed by atoms with Crippen LogP contribution in [0.5, 0.6) is 0 Å². The van der Waals surface area contributed by atoms with Crippen LogP contribution in [0, 0.1) is 16.7 Å². The molecular weight excluding hydrogens is 307 g/mol. The number of carbonyl (C=O) groups is 1. The molecule has 0 spiro atoms. The minimum Gasteiger partial charge on any atom is -0.341 e. The van der Waals surface area contributed by atoms with E-state index in [1.165, 1.54) is 29.5 Å². The number of carbonyl (C=O) groups excluding carboxylic acids is 1. The molecular formula is C12H10ClFN2OS2. The Morgan fingerprint density at radius 1 is 1.58 bits per heavy atom. The van der Waals surface area contributed by atoms with Crippen LogP contribution in [0.25, 0.3) is 0 Å². The number of halogens is 2. The van der Waals surface area contributed by atoms with E-state index in [1.807, 2.05) is 6.92 Å². The van der Waals surface area contributed by atoms with Crippen molar-refractivity contribution in [1.82, 2.24) is 4.98 Å². The van der Waals surface area contributed by atoms with Gasteiger partial charge in [-0.3, -0.25) is 4.79 Å². The summed E-state index contributed by atoms with van der Waals surface area (Å²) in [6, 6.07) is 4.05. The van der Waals surface area contributed by atoms with E-state index in [0.29, 0.717) is 9.64 Å². The summed E-state index contributed by atoms with van der Waals surface area (Å²) in [6.45, 7) is 1.86. The minimum absolute atomic E-state index is 0.0220. The van der Waals surface area contributed by atoms with E-state index in [9.17, 15) is 9.18 Å². The summed E-state index contributed by atoms with van der Waals surface area (Å²) < 4.78 is 13.6. The molecule has 100 valence electrons. The van der Waals surface area contributed by atoms with E-state index in [1.54, 1.807) is 0 Å². The van der Waals surface area contributed by atoms with Crippen LogP contribution in [-0.4, -0.2) is 10.9 Å². The molecule has 0 saturated carbocycles. The summed E-state index contributed by atoms with van der Waals surface area (Å²) in [5.41, 5.74) is 1.36. The topological polar surface area (TPSA) is 44.9 Å². The van der Waals surface area contributed by atoms with E-state index >= 15 is 0 Å². The van der Waals surface area contributed by atoms with Crippen molar-refractivity contribution in [2.24, 2.45) is 0 Å². The molecule has 1 amide bonds. The highest BCUT2D eigenvalue weighted by atomic mass is 35.5. The summed E-state index contributed by atoms with van der Waals surface area (Å²) in [6.07, 6.45) is 0.221. The van der Waals surface area contributed by atoms with E-state index in [-0.39, 0.29) is 17.4 Å². The highest BCUT2D eigenvalue weighted by Crippen LogP contribution is 2.20. The molecule has 0 fully saturated rings. The number of aryl methyl sites for hydroxylation is 1. The number of aromatic amines is 1. The van der Waals surface area contributed by atoms with Gasteiger partial charge in [0.15, 0.2) is 3.95 Å². The van der Waals surface area contributed by atoms with Gasteiger partial charge in [0, 0.05) is 16.3 Å². The first-order valence-corrected chi connectivity index (χ1v) is 6.99. The van der Waals surface area contributed by atoms with Crippen molar-refractivity contribution in [1.29, 1.82) is 0 Å². The van der Waals surface area contributed by atoms with Gasteiger partial charge in [0.25, 0.3) is 0 Å². The highest BCUT2D eigenvalue weighted by Gasteiger charge is 2.10. The highest BCUT2D eigenvalue weighted by molar-refractivity contribution is 7.73. The minimum atomic E-state index is -0.515. The first-order valence-electron chi connectivity index (χ1n) is 5.39. The molecule has 0 atom stereocenters. The van der Waals surface area contributed by atoms with Gasteiger partial charge in [-0.05, 0) is 37.3 Å². The molecule has 0 bridgehead atoms. The quantitative estimate of drug-likeness (QED) is 0.838. The van der Waals surface area contributed by atoms with Gasteiger partial charge in [0.2, 0.25) is 5.91 Å². The molecule has 0 aliphatic heterocycles. The molecule has 3 nitrogen and oxygen atoms in total. The third kappa shape index (κ3) is 3.62. The summed E-state index contributed by atoms with van der Waals surface area (Å²) in [7, 11) is 0. The van der Waals surface area contributed by atoms with Crippen LogP contribution >= 0.6 is 35.2 Å². The fourth-order valence-electron chi connectivity index (χ4n) is 1.53. The third-order valence-electron chi connectivity index (χ3n) is 2.45. The Hall–Kier alpha value is -1.24. The van der Waals surface area contributed by atoms with Crippen molar-refractivity contribution < 1.29 is 9.18 Å². The zero-order chi connectivity index (χ0) is 14.0. The molecule has 0 aliphatic rings. The van der Waals surface area contributed by atoms with Gasteiger partial charge >= 0.3 is 0 Å². The Labute approximate surface area is 123 Å². The molecule has 0 aliphatic carbocycles. The molecule has 2 rings (SSSR count). The van der Waals surface area contributed by atoms with Gasteiger partial charge in [0.05, 0.1) is 11.4 Å². The maximum Gasteiger partial charge on any atom is 0.229 e. The van der Waals surface area contributed by atoms with Crippen LogP contribution in [0.2, 0.25) is 5.02 Å². The average Bonchev–Trinajstić information content (AvgIpc) is 2.62. The monoisotopic (exact) mass is 316 g/mol. The Kier molecular flexibility index (Phi) is 4.34. The summed E-state index contributed by atoms with van der Waals surface area (Å²) in [5.74, 6) is -0.713. The fraction of sp³-hybridized carbons (Fsp3) is 0.167. The van der Waals surface area contributed by atoms with Crippen LogP contribution in [0.4, 0.5) is 10.1 Å². The molecule has 0 unspecified atom stereocenters. The number of H-pyrrole nitrogens is 1. The Morgan fingerprint density at radius 2 is 2.32 bits per heavy atom. The number of hydrogen-bond acceptors (Lipinski definition) is 3. The summed E-state index contributed by atoms with van der Waals surface area (Å²) >= 11 is 12.0. The van der Waals surface area contributed by atoms with Gasteiger partial charge in [-0.15, -0.1) is 11.3 Å². The van der Waals surface area contributed by atoms with Crippen LogP contribution in [0.1, 0.15) is 10.6 Å². The smallest absolute Gasteiger partial charge is 0.229 e. The lowest BCUT2D eigenvalue weighted by Crippen LogP contribution is -2.14. The number of nitrogens with one attached hydrogen (secondary N) is 2. The van der Waals surface area contributed by atoms with E-state index in [4.69, 9.17) is 23.8 Å². The molecule has 1 heterocycles. The Balaban J connectivity index is 2.07. The van der Waals surface area contributed by atoms with Crippen molar-refractivity contribution in [3.63, 3.8) is 0 Å². The van der Waals surface area contributed by atoms with Gasteiger partial charge in [-0.2, -0.15) is 0 Å². The number of amides is 1. The summed E-state index contributed by atoms with van der Waals surface area (Å²) in [4.78, 5) is 15.7. The lowest BCUT2D eigenvalue weighted by atomic mass is 10.2. The van der Waals surface area contributed by atoms with E-state index in [2.05, 4.69) is 10.3 Å². The third-order valence-corrected chi connectivity index (χ3v) is 4.07. The molecule has 1 aromatic heterocycles. The van der Waals surface area contributed by atoms with Crippen molar-refractivity contribution in [2.45, 2.75) is 13.3 Å². The zero-order valence-corrected chi connectivity index (χ0v) is 12.3. The Bertz CT molecular complexity index is 681. The van der Waals surface area contributed by atoms with Crippen LogP contribution in [-0.2, 0) is 11.2 Å². The summed E-state index contributed by atoms with van der Waals surface area (Å²) in [5, 5.41) is 2.64. The van der Waals surface area contributed by atoms with Crippen molar-refractivity contribution in [3.05, 3.63) is 43.6 Å². The number of aromatic nitrogens is 1. The van der Waals surface area contributed by atoms with E-state index in [0.717, 1.165) is 10.6 Å². The lowest BCUT2D eigenvalue weighted by Gasteiger charge is -2.05. The number of benzene rings is 1. The molecule has 7 heteroatoms. The lowest BCUT2D eigenvalue weighted by molar-refractivity contribution is -0.115. The second-order valence-corrected chi connectivity index (χ2v) is 6.10. The maximum absolute atomic E-state index is 13.0. The normalized spacial score (nSPS) is 10.5. The predicted molar refractivity (Wildman–Crippen MR) is 78.0 cm³/mol. The van der Waals surface area contributed by atoms with Crippen molar-refractivity contribution in [3.8, 4) is 0 Å². The van der Waals surface area contributed by atoms with Gasteiger partial charge < -0.3 is 10.3 Å². The number of hydrogen-bond donors (Lipinski definition) is 2. The van der Waals surface area contributed by atoms with Crippen LogP contribution in [0.15, 0.2) is 18.2 Å². The van der Waals surface area contributed by atoms with E-state index < -0.39 is 5.82 Å². The zero-order valence-electron chi connectivity index (χ0n) is 9.92. The second kappa shape index (κ2) is 5.81. The van der Waals surface area contributed by atoms with Crippen molar-refractivity contribution >= 4 is 46.8 Å². The molecule has 0 radical (unpaired) electrons. The van der Waals surface area contributed by atoms with Gasteiger partial charge in [-0.1, -0.05) is 11.6 Å². The standard InChI is InChI=1S/C12H10ClFN2OS2/c1-6-10(19-12(18)15-6)5-11(17)16-7-2-3-9(14)8(13)4-7/h2-4H,5H2,1H3,(H,15,18)(H,16,17). The molecule has 1 aromatic carbocycles. The molecule has 2 N–H and O–H groups in total. The SMILES string of the molecule is Cc1[nH]c(=S)sc1CC(=O)Nc1ccc(F)c(Cl)c1.